The zero-order valence-corrected chi connectivity index (χ0v) is 13.0. The lowest BCUT2D eigenvalue weighted by Gasteiger charge is -2.21. The number of halogens is 1. The van der Waals surface area contributed by atoms with E-state index < -0.39 is 0 Å². The number of aryl methyl sites for hydroxylation is 1. The Hall–Kier alpha value is -1.87. The summed E-state index contributed by atoms with van der Waals surface area (Å²) in [5.41, 5.74) is 2.77. The molecule has 21 heavy (non-hydrogen) atoms. The van der Waals surface area contributed by atoms with Gasteiger partial charge in [0.2, 0.25) is 0 Å². The summed E-state index contributed by atoms with van der Waals surface area (Å²) in [7, 11) is 1.66. The van der Waals surface area contributed by atoms with Crippen LogP contribution in [0.2, 0.25) is 0 Å². The van der Waals surface area contributed by atoms with E-state index in [2.05, 4.69) is 18.3 Å². The number of hydrogen-bond donors (Lipinski definition) is 1. The highest BCUT2D eigenvalue weighted by Crippen LogP contribution is 2.23. The van der Waals surface area contributed by atoms with Gasteiger partial charge in [-0.3, -0.25) is 0 Å². The van der Waals surface area contributed by atoms with E-state index in [1.165, 1.54) is 0 Å². The van der Waals surface area contributed by atoms with Crippen molar-refractivity contribution in [2.75, 3.05) is 7.11 Å². The second-order valence-corrected chi connectivity index (χ2v) is 5.40. The van der Waals surface area contributed by atoms with Crippen molar-refractivity contribution in [3.05, 3.63) is 65.0 Å². The first kappa shape index (κ1) is 15.5. The Bertz CT molecular complexity index is 612. The molecule has 0 aliphatic rings. The fraction of sp³-hybridized carbons (Fsp3) is 0.333. The molecule has 0 saturated carbocycles. The summed E-state index contributed by atoms with van der Waals surface area (Å²) in [5, 5.41) is 3.49. The van der Waals surface area contributed by atoms with E-state index in [4.69, 9.17) is 4.74 Å². The number of rotatable bonds is 5. The Morgan fingerprint density at radius 2 is 1.67 bits per heavy atom. The molecule has 2 aromatic rings. The summed E-state index contributed by atoms with van der Waals surface area (Å²) in [5.74, 6) is 0.686. The van der Waals surface area contributed by atoms with Gasteiger partial charge < -0.3 is 10.1 Å². The van der Waals surface area contributed by atoms with E-state index in [1.54, 1.807) is 20.1 Å². The standard InChI is InChI=1S/C18H22FNO/c1-12-8-9-16(11-18(12)19)14(3)20-13(2)15-6-5-7-17(10-15)21-4/h5-11,13-14,20H,1-4H3/t13-,14?/m0/s1. The maximum Gasteiger partial charge on any atom is 0.126 e. The van der Waals surface area contributed by atoms with E-state index in [0.29, 0.717) is 5.56 Å². The minimum Gasteiger partial charge on any atom is -0.497 e. The summed E-state index contributed by atoms with van der Waals surface area (Å²) in [6, 6.07) is 13.6. The number of ether oxygens (including phenoxy) is 1. The van der Waals surface area contributed by atoms with E-state index in [-0.39, 0.29) is 17.9 Å². The molecule has 0 spiro atoms. The van der Waals surface area contributed by atoms with Gasteiger partial charge in [0.05, 0.1) is 7.11 Å². The molecule has 0 aromatic heterocycles. The summed E-state index contributed by atoms with van der Waals surface area (Å²) in [6.45, 7) is 5.91. The zero-order chi connectivity index (χ0) is 15.4. The molecule has 0 aliphatic heterocycles. The molecule has 2 aromatic carbocycles. The van der Waals surface area contributed by atoms with Gasteiger partial charge in [0.15, 0.2) is 0 Å². The van der Waals surface area contributed by atoms with Crippen molar-refractivity contribution in [1.82, 2.24) is 5.32 Å². The molecule has 0 fully saturated rings. The lowest BCUT2D eigenvalue weighted by molar-refractivity contribution is 0.412. The minimum absolute atomic E-state index is 0.0706. The maximum atomic E-state index is 13.7. The molecular formula is C18H22FNO. The summed E-state index contributed by atoms with van der Waals surface area (Å²) in [6.07, 6.45) is 0. The van der Waals surface area contributed by atoms with Crippen LogP contribution in [0.15, 0.2) is 42.5 Å². The van der Waals surface area contributed by atoms with E-state index in [9.17, 15) is 4.39 Å². The Morgan fingerprint density at radius 3 is 2.29 bits per heavy atom. The van der Waals surface area contributed by atoms with E-state index in [1.807, 2.05) is 37.3 Å². The third kappa shape index (κ3) is 3.82. The predicted octanol–water partition coefficient (Wildman–Crippen LogP) is 4.55. The SMILES string of the molecule is COc1cccc([C@H](C)NC(C)c2ccc(C)c(F)c2)c1. The van der Waals surface area contributed by atoms with Gasteiger partial charge in [-0.2, -0.15) is 0 Å². The van der Waals surface area contributed by atoms with Crippen molar-refractivity contribution in [3.63, 3.8) is 0 Å². The molecular weight excluding hydrogens is 265 g/mol. The normalized spacial score (nSPS) is 13.8. The molecule has 0 heterocycles. The van der Waals surface area contributed by atoms with Crippen LogP contribution in [0.5, 0.6) is 5.75 Å². The number of hydrogen-bond acceptors (Lipinski definition) is 2. The third-order valence-electron chi connectivity index (χ3n) is 3.79. The van der Waals surface area contributed by atoms with Gasteiger partial charge in [0, 0.05) is 12.1 Å². The van der Waals surface area contributed by atoms with Crippen LogP contribution in [-0.4, -0.2) is 7.11 Å². The van der Waals surface area contributed by atoms with Crippen LogP contribution >= 0.6 is 0 Å². The third-order valence-corrected chi connectivity index (χ3v) is 3.79. The molecule has 1 N–H and O–H groups in total. The first-order valence-electron chi connectivity index (χ1n) is 7.17. The average Bonchev–Trinajstić information content (AvgIpc) is 2.49. The van der Waals surface area contributed by atoms with Gasteiger partial charge in [-0.15, -0.1) is 0 Å². The highest BCUT2D eigenvalue weighted by Gasteiger charge is 2.12. The highest BCUT2D eigenvalue weighted by atomic mass is 19.1. The smallest absolute Gasteiger partial charge is 0.126 e. The molecule has 0 aliphatic carbocycles. The van der Waals surface area contributed by atoms with Crippen molar-refractivity contribution in [3.8, 4) is 5.75 Å². The van der Waals surface area contributed by atoms with Crippen LogP contribution in [0.4, 0.5) is 4.39 Å². The Kier molecular flexibility index (Phi) is 4.97. The molecule has 112 valence electrons. The van der Waals surface area contributed by atoms with E-state index in [0.717, 1.165) is 16.9 Å². The van der Waals surface area contributed by atoms with Gasteiger partial charge in [-0.25, -0.2) is 4.39 Å². The lowest BCUT2D eigenvalue weighted by Crippen LogP contribution is -2.22. The Morgan fingerprint density at radius 1 is 1.00 bits per heavy atom. The number of benzene rings is 2. The van der Waals surface area contributed by atoms with Crippen LogP contribution in [-0.2, 0) is 0 Å². The molecule has 2 rings (SSSR count). The quantitative estimate of drug-likeness (QED) is 0.870. The summed E-state index contributed by atoms with van der Waals surface area (Å²) < 4.78 is 18.9. The predicted molar refractivity (Wildman–Crippen MR) is 84.1 cm³/mol. The van der Waals surface area contributed by atoms with Crippen molar-refractivity contribution in [2.24, 2.45) is 0 Å². The van der Waals surface area contributed by atoms with Crippen molar-refractivity contribution in [1.29, 1.82) is 0 Å². The van der Waals surface area contributed by atoms with Crippen molar-refractivity contribution >= 4 is 0 Å². The first-order chi connectivity index (χ1) is 10.0. The van der Waals surface area contributed by atoms with Crippen molar-refractivity contribution in [2.45, 2.75) is 32.9 Å². The molecule has 0 radical (unpaired) electrons. The molecule has 1 unspecified atom stereocenters. The van der Waals surface area contributed by atoms with Crippen molar-refractivity contribution < 1.29 is 9.13 Å². The largest absolute Gasteiger partial charge is 0.497 e. The second-order valence-electron chi connectivity index (χ2n) is 5.40. The Balaban J connectivity index is 2.10. The van der Waals surface area contributed by atoms with Crippen LogP contribution in [0.1, 0.15) is 42.6 Å². The minimum atomic E-state index is -0.157. The molecule has 0 amide bonds. The van der Waals surface area contributed by atoms with Crippen LogP contribution in [0.25, 0.3) is 0 Å². The fourth-order valence-electron chi connectivity index (χ4n) is 2.36. The van der Waals surface area contributed by atoms with Gasteiger partial charge in [-0.1, -0.05) is 24.3 Å². The van der Waals surface area contributed by atoms with E-state index >= 15 is 0 Å². The number of methoxy groups -OCH3 is 1. The first-order valence-corrected chi connectivity index (χ1v) is 7.17. The second kappa shape index (κ2) is 6.72. The van der Waals surface area contributed by atoms with Gasteiger partial charge in [-0.05, 0) is 55.7 Å². The molecule has 0 bridgehead atoms. The molecule has 3 heteroatoms. The van der Waals surface area contributed by atoms with Crippen LogP contribution in [0, 0.1) is 12.7 Å². The summed E-state index contributed by atoms with van der Waals surface area (Å²) in [4.78, 5) is 0. The van der Waals surface area contributed by atoms with Crippen LogP contribution in [0.3, 0.4) is 0 Å². The molecule has 0 saturated heterocycles. The average molecular weight is 287 g/mol. The summed E-state index contributed by atoms with van der Waals surface area (Å²) >= 11 is 0. The fourth-order valence-corrected chi connectivity index (χ4v) is 2.36. The van der Waals surface area contributed by atoms with Gasteiger partial charge in [0.25, 0.3) is 0 Å². The molecule has 2 nitrogen and oxygen atoms in total. The van der Waals surface area contributed by atoms with Crippen LogP contribution < -0.4 is 10.1 Å². The topological polar surface area (TPSA) is 21.3 Å². The van der Waals surface area contributed by atoms with Gasteiger partial charge in [0.1, 0.15) is 11.6 Å². The monoisotopic (exact) mass is 287 g/mol. The number of nitrogens with one attached hydrogen (secondary N) is 1. The maximum absolute atomic E-state index is 13.7. The lowest BCUT2D eigenvalue weighted by atomic mass is 10.0. The van der Waals surface area contributed by atoms with Gasteiger partial charge >= 0.3 is 0 Å². The zero-order valence-electron chi connectivity index (χ0n) is 13.0. The highest BCUT2D eigenvalue weighted by molar-refractivity contribution is 5.31. The molecule has 2 atom stereocenters. The Labute approximate surface area is 126 Å².